The Kier molecular flexibility index (Phi) is 3.35. The molecule has 1 aliphatic rings. The maximum Gasteiger partial charge on any atom is 0.325 e. The van der Waals surface area contributed by atoms with Gasteiger partial charge in [0.2, 0.25) is 0 Å². The zero-order chi connectivity index (χ0) is 17.6. The Labute approximate surface area is 144 Å². The van der Waals surface area contributed by atoms with E-state index in [2.05, 4.69) is 10.5 Å². The molecule has 1 N–H and O–H groups in total. The fraction of sp³-hybridized carbons (Fsp3) is 0.211. The van der Waals surface area contributed by atoms with Crippen molar-refractivity contribution in [1.29, 1.82) is 0 Å². The molecule has 1 atom stereocenters. The Hall–Kier alpha value is -3.15. The molecule has 1 aliphatic heterocycles. The molecule has 126 valence electrons. The number of fused-ring (bicyclic) bond motifs is 1. The third-order valence-corrected chi connectivity index (χ3v) is 4.60. The van der Waals surface area contributed by atoms with Gasteiger partial charge in [0, 0.05) is 6.07 Å². The topological polar surface area (TPSA) is 75.4 Å². The second-order valence-corrected chi connectivity index (χ2v) is 6.44. The predicted octanol–water partition coefficient (Wildman–Crippen LogP) is 3.10. The second kappa shape index (κ2) is 5.44. The Morgan fingerprint density at radius 3 is 2.60 bits per heavy atom. The van der Waals surface area contributed by atoms with Gasteiger partial charge in [0.25, 0.3) is 5.91 Å². The number of hydrogen-bond acceptors (Lipinski definition) is 4. The van der Waals surface area contributed by atoms with Crippen molar-refractivity contribution in [2.45, 2.75) is 25.9 Å². The summed E-state index contributed by atoms with van der Waals surface area (Å²) >= 11 is 0. The Morgan fingerprint density at radius 1 is 1.12 bits per heavy atom. The number of nitrogens with one attached hydrogen (secondary N) is 1. The number of nitrogens with zero attached hydrogens (tertiary/aromatic N) is 2. The molecule has 2 heterocycles. The maximum absolute atomic E-state index is 13.0. The number of carbonyl (C=O) groups is 2. The van der Waals surface area contributed by atoms with E-state index in [1.165, 1.54) is 4.90 Å². The second-order valence-electron chi connectivity index (χ2n) is 6.44. The molecule has 0 bridgehead atoms. The van der Waals surface area contributed by atoms with Gasteiger partial charge in [-0.25, -0.2) is 4.79 Å². The maximum atomic E-state index is 13.0. The molecule has 1 saturated heterocycles. The smallest absolute Gasteiger partial charge is 0.325 e. The molecule has 6 nitrogen and oxygen atoms in total. The van der Waals surface area contributed by atoms with Crippen molar-refractivity contribution in [2.24, 2.45) is 0 Å². The SMILES string of the molecule is Cc1cc(CN2C(=O)N[C@](C)(c3ccc4ccccc4c3)C2=O)no1. The van der Waals surface area contributed by atoms with Gasteiger partial charge in [0.15, 0.2) is 0 Å². The number of amides is 3. The lowest BCUT2D eigenvalue weighted by molar-refractivity contribution is -0.131. The van der Waals surface area contributed by atoms with E-state index in [0.29, 0.717) is 11.5 Å². The molecule has 2 aromatic carbocycles. The highest BCUT2D eigenvalue weighted by molar-refractivity contribution is 6.07. The molecule has 25 heavy (non-hydrogen) atoms. The summed E-state index contributed by atoms with van der Waals surface area (Å²) in [6.07, 6.45) is 0. The van der Waals surface area contributed by atoms with Crippen LogP contribution in [0.25, 0.3) is 10.8 Å². The van der Waals surface area contributed by atoms with E-state index in [-0.39, 0.29) is 12.5 Å². The van der Waals surface area contributed by atoms with E-state index in [9.17, 15) is 9.59 Å². The monoisotopic (exact) mass is 335 g/mol. The minimum absolute atomic E-state index is 0.0885. The number of benzene rings is 2. The molecular formula is C19H17N3O3. The highest BCUT2D eigenvalue weighted by Gasteiger charge is 2.49. The summed E-state index contributed by atoms with van der Waals surface area (Å²) < 4.78 is 5.01. The zero-order valence-electron chi connectivity index (χ0n) is 13.9. The fourth-order valence-electron chi connectivity index (χ4n) is 3.19. The Morgan fingerprint density at radius 2 is 1.88 bits per heavy atom. The summed E-state index contributed by atoms with van der Waals surface area (Å²) in [4.78, 5) is 26.5. The lowest BCUT2D eigenvalue weighted by Gasteiger charge is -2.22. The van der Waals surface area contributed by atoms with Gasteiger partial charge in [-0.1, -0.05) is 41.6 Å². The molecule has 1 fully saturated rings. The van der Waals surface area contributed by atoms with Crippen LogP contribution in [0.5, 0.6) is 0 Å². The van der Waals surface area contributed by atoms with Crippen LogP contribution in [0.3, 0.4) is 0 Å². The highest BCUT2D eigenvalue weighted by atomic mass is 16.5. The summed E-state index contributed by atoms with van der Waals surface area (Å²) in [5.41, 5.74) is 0.201. The average molecular weight is 335 g/mol. The van der Waals surface area contributed by atoms with Crippen LogP contribution in [-0.2, 0) is 16.9 Å². The minimum Gasteiger partial charge on any atom is -0.361 e. The average Bonchev–Trinajstić information content (AvgIpc) is 3.11. The van der Waals surface area contributed by atoms with Crippen LogP contribution in [0.15, 0.2) is 53.1 Å². The van der Waals surface area contributed by atoms with E-state index < -0.39 is 11.6 Å². The van der Waals surface area contributed by atoms with Crippen molar-refractivity contribution in [3.8, 4) is 0 Å². The van der Waals surface area contributed by atoms with E-state index in [1.807, 2.05) is 42.5 Å². The van der Waals surface area contributed by atoms with E-state index >= 15 is 0 Å². The molecular weight excluding hydrogens is 318 g/mol. The zero-order valence-corrected chi connectivity index (χ0v) is 13.9. The van der Waals surface area contributed by atoms with Crippen molar-refractivity contribution < 1.29 is 14.1 Å². The van der Waals surface area contributed by atoms with Crippen molar-refractivity contribution in [3.05, 3.63) is 65.5 Å². The van der Waals surface area contributed by atoms with Crippen LogP contribution in [0.1, 0.15) is 23.9 Å². The third kappa shape index (κ3) is 2.46. The molecule has 3 amide bonds. The third-order valence-electron chi connectivity index (χ3n) is 4.60. The van der Waals surface area contributed by atoms with E-state index in [0.717, 1.165) is 16.3 Å². The number of hydrogen-bond donors (Lipinski definition) is 1. The quantitative estimate of drug-likeness (QED) is 0.746. The molecule has 4 rings (SSSR count). The number of aromatic nitrogens is 1. The first-order valence-corrected chi connectivity index (χ1v) is 8.03. The predicted molar refractivity (Wildman–Crippen MR) is 91.6 cm³/mol. The molecule has 0 saturated carbocycles. The fourth-order valence-corrected chi connectivity index (χ4v) is 3.19. The van der Waals surface area contributed by atoms with Crippen molar-refractivity contribution >= 4 is 22.7 Å². The number of rotatable bonds is 3. The van der Waals surface area contributed by atoms with E-state index in [4.69, 9.17) is 4.52 Å². The first-order valence-electron chi connectivity index (χ1n) is 8.03. The van der Waals surface area contributed by atoms with Gasteiger partial charge in [0.1, 0.15) is 17.0 Å². The van der Waals surface area contributed by atoms with Crippen LogP contribution >= 0.6 is 0 Å². The normalized spacial score (nSPS) is 20.3. The lowest BCUT2D eigenvalue weighted by atomic mass is 9.90. The van der Waals surface area contributed by atoms with Crippen LogP contribution in [-0.4, -0.2) is 22.0 Å². The Bertz CT molecular complexity index is 994. The van der Waals surface area contributed by atoms with E-state index in [1.54, 1.807) is 19.9 Å². The molecule has 6 heteroatoms. The summed E-state index contributed by atoms with van der Waals surface area (Å²) in [5.74, 6) is 0.341. The highest BCUT2D eigenvalue weighted by Crippen LogP contribution is 2.31. The van der Waals surface area contributed by atoms with Gasteiger partial charge >= 0.3 is 6.03 Å². The van der Waals surface area contributed by atoms with Gasteiger partial charge in [0.05, 0.1) is 6.54 Å². The van der Waals surface area contributed by atoms with Gasteiger partial charge in [-0.05, 0) is 36.2 Å². The van der Waals surface area contributed by atoms with Crippen molar-refractivity contribution in [1.82, 2.24) is 15.4 Å². The first kappa shape index (κ1) is 15.4. The van der Waals surface area contributed by atoms with Gasteiger partial charge < -0.3 is 9.84 Å². The van der Waals surface area contributed by atoms with Gasteiger partial charge in [-0.3, -0.25) is 9.69 Å². The molecule has 3 aromatic rings. The van der Waals surface area contributed by atoms with Crippen LogP contribution < -0.4 is 5.32 Å². The molecule has 1 aromatic heterocycles. The number of aryl methyl sites for hydroxylation is 1. The molecule has 0 spiro atoms. The van der Waals surface area contributed by atoms with Crippen LogP contribution in [0.2, 0.25) is 0 Å². The van der Waals surface area contributed by atoms with Crippen LogP contribution in [0, 0.1) is 6.92 Å². The number of carbonyl (C=O) groups excluding carboxylic acids is 2. The van der Waals surface area contributed by atoms with Crippen LogP contribution in [0.4, 0.5) is 4.79 Å². The lowest BCUT2D eigenvalue weighted by Crippen LogP contribution is -2.40. The van der Waals surface area contributed by atoms with Crippen molar-refractivity contribution in [2.75, 3.05) is 0 Å². The van der Waals surface area contributed by atoms with Gasteiger partial charge in [-0.15, -0.1) is 0 Å². The summed E-state index contributed by atoms with van der Waals surface area (Å²) in [6, 6.07) is 15.0. The van der Waals surface area contributed by atoms with Crippen molar-refractivity contribution in [3.63, 3.8) is 0 Å². The molecule has 0 unspecified atom stereocenters. The summed E-state index contributed by atoms with van der Waals surface area (Å²) in [5, 5.41) is 8.78. The Balaban J connectivity index is 1.68. The summed E-state index contributed by atoms with van der Waals surface area (Å²) in [6.45, 7) is 3.58. The largest absolute Gasteiger partial charge is 0.361 e. The van der Waals surface area contributed by atoms with Gasteiger partial charge in [-0.2, -0.15) is 0 Å². The number of urea groups is 1. The standard InChI is InChI=1S/C19H17N3O3/c1-12-9-16(21-25-12)11-22-17(23)19(2,20-18(22)24)15-8-7-13-5-3-4-6-14(13)10-15/h3-10H,11H2,1-2H3,(H,20,24)/t19-/m1/s1. The minimum atomic E-state index is -1.10. The first-order chi connectivity index (χ1) is 12.0. The molecule has 0 aliphatic carbocycles. The number of imide groups is 1. The summed E-state index contributed by atoms with van der Waals surface area (Å²) in [7, 11) is 0. The molecule has 0 radical (unpaired) electrons.